The second-order valence-electron chi connectivity index (χ2n) is 4.99. The number of nitrogens with one attached hydrogen (secondary N) is 1. The first-order valence-corrected chi connectivity index (χ1v) is 7.94. The van der Waals surface area contributed by atoms with Crippen LogP contribution in [0.1, 0.15) is 6.92 Å². The Morgan fingerprint density at radius 3 is 2.48 bits per heavy atom. The van der Waals surface area contributed by atoms with Crippen molar-refractivity contribution < 1.29 is 23.5 Å². The van der Waals surface area contributed by atoms with E-state index in [1.807, 2.05) is 0 Å². The van der Waals surface area contributed by atoms with Crippen molar-refractivity contribution in [3.63, 3.8) is 0 Å². The Balaban J connectivity index is 1.82. The third-order valence-corrected chi connectivity index (χ3v) is 3.57. The van der Waals surface area contributed by atoms with E-state index < -0.39 is 30.4 Å². The van der Waals surface area contributed by atoms with Crippen LogP contribution in [0.25, 0.3) is 0 Å². The van der Waals surface area contributed by atoms with E-state index in [2.05, 4.69) is 5.32 Å². The molecule has 1 amide bonds. The first-order chi connectivity index (χ1) is 11.8. The second kappa shape index (κ2) is 8.69. The lowest BCUT2D eigenvalue weighted by Gasteiger charge is -2.14. The number of ether oxygens (including phenoxy) is 2. The van der Waals surface area contributed by atoms with E-state index in [1.165, 1.54) is 13.0 Å². The molecule has 2 aromatic carbocycles. The maximum Gasteiger partial charge on any atom is 0.347 e. The molecule has 0 aliphatic carbocycles. The number of amides is 1. The lowest BCUT2D eigenvalue weighted by atomic mass is 10.3. The van der Waals surface area contributed by atoms with Crippen LogP contribution in [0, 0.1) is 5.82 Å². The maximum atomic E-state index is 12.9. The van der Waals surface area contributed by atoms with Crippen LogP contribution in [0.5, 0.6) is 5.75 Å². The van der Waals surface area contributed by atoms with E-state index in [0.29, 0.717) is 10.8 Å². The lowest BCUT2D eigenvalue weighted by molar-refractivity contribution is -0.153. The highest BCUT2D eigenvalue weighted by Gasteiger charge is 2.18. The molecule has 0 saturated carbocycles. The largest absolute Gasteiger partial charge is 0.479 e. The Kier molecular flexibility index (Phi) is 6.61. The van der Waals surface area contributed by atoms with E-state index in [-0.39, 0.29) is 10.7 Å². The molecule has 0 fully saturated rings. The molecule has 2 aromatic rings. The van der Waals surface area contributed by atoms with Gasteiger partial charge in [0.25, 0.3) is 5.91 Å². The van der Waals surface area contributed by atoms with Gasteiger partial charge in [-0.25, -0.2) is 9.18 Å². The van der Waals surface area contributed by atoms with Crippen LogP contribution in [0.15, 0.2) is 42.5 Å². The Morgan fingerprint density at radius 1 is 1.16 bits per heavy atom. The molecule has 0 radical (unpaired) electrons. The third-order valence-electron chi connectivity index (χ3n) is 3.01. The summed E-state index contributed by atoms with van der Waals surface area (Å²) in [6.45, 7) is 0.965. The van der Waals surface area contributed by atoms with Crippen molar-refractivity contribution >= 4 is 40.8 Å². The molecular formula is C17H14Cl2FNO4. The van der Waals surface area contributed by atoms with Crippen molar-refractivity contribution in [1.82, 2.24) is 0 Å². The monoisotopic (exact) mass is 385 g/mol. The maximum absolute atomic E-state index is 12.9. The van der Waals surface area contributed by atoms with Gasteiger partial charge in [-0.3, -0.25) is 4.79 Å². The zero-order valence-electron chi connectivity index (χ0n) is 13.1. The fourth-order valence-electron chi connectivity index (χ4n) is 1.80. The molecule has 0 saturated heterocycles. The zero-order valence-corrected chi connectivity index (χ0v) is 14.6. The van der Waals surface area contributed by atoms with E-state index in [4.69, 9.17) is 32.7 Å². The average molecular weight is 386 g/mol. The van der Waals surface area contributed by atoms with E-state index >= 15 is 0 Å². The second-order valence-corrected chi connectivity index (χ2v) is 5.84. The van der Waals surface area contributed by atoms with Gasteiger partial charge in [0.1, 0.15) is 11.6 Å². The highest BCUT2D eigenvalue weighted by molar-refractivity contribution is 6.33. The normalized spacial score (nSPS) is 11.5. The molecular weight excluding hydrogens is 372 g/mol. The predicted octanol–water partition coefficient (Wildman–Crippen LogP) is 4.08. The standard InChI is InChI=1S/C17H14Cl2FNO4/c1-10(25-13-5-2-11(18)3-6-13)17(23)24-9-16(22)21-15-7-4-12(20)8-14(15)19/h2-8,10H,9H2,1H3,(H,21,22)/t10-/m1/s1. The molecule has 5 nitrogen and oxygen atoms in total. The Hall–Kier alpha value is -2.31. The van der Waals surface area contributed by atoms with Crippen LogP contribution in [0.2, 0.25) is 10.0 Å². The van der Waals surface area contributed by atoms with Gasteiger partial charge in [0.2, 0.25) is 0 Å². The Morgan fingerprint density at radius 2 is 1.84 bits per heavy atom. The molecule has 0 aliphatic rings. The van der Waals surface area contributed by atoms with Gasteiger partial charge in [0.05, 0.1) is 10.7 Å². The number of halogens is 3. The molecule has 0 unspecified atom stereocenters. The first-order valence-electron chi connectivity index (χ1n) is 7.19. The molecule has 0 aliphatic heterocycles. The van der Waals surface area contributed by atoms with Crippen molar-refractivity contribution in [2.45, 2.75) is 13.0 Å². The Labute approximate surface area is 153 Å². The summed E-state index contributed by atoms with van der Waals surface area (Å²) in [4.78, 5) is 23.6. The van der Waals surface area contributed by atoms with Gasteiger partial charge < -0.3 is 14.8 Å². The quantitative estimate of drug-likeness (QED) is 0.760. The number of esters is 1. The molecule has 1 atom stereocenters. The molecule has 2 rings (SSSR count). The summed E-state index contributed by atoms with van der Waals surface area (Å²) in [5.74, 6) is -1.41. The zero-order chi connectivity index (χ0) is 18.4. The lowest BCUT2D eigenvalue weighted by Crippen LogP contribution is -2.29. The summed E-state index contributed by atoms with van der Waals surface area (Å²) in [5, 5.41) is 3.00. The SMILES string of the molecule is C[C@@H](Oc1ccc(Cl)cc1)C(=O)OCC(=O)Nc1ccc(F)cc1Cl. The molecule has 8 heteroatoms. The van der Waals surface area contributed by atoms with Gasteiger partial charge in [-0.2, -0.15) is 0 Å². The summed E-state index contributed by atoms with van der Waals surface area (Å²) >= 11 is 11.6. The van der Waals surface area contributed by atoms with Crippen molar-refractivity contribution in [1.29, 1.82) is 0 Å². The number of benzene rings is 2. The fourth-order valence-corrected chi connectivity index (χ4v) is 2.14. The molecule has 132 valence electrons. The van der Waals surface area contributed by atoms with Crippen molar-refractivity contribution in [3.8, 4) is 5.75 Å². The van der Waals surface area contributed by atoms with Gasteiger partial charge in [-0.15, -0.1) is 0 Å². The molecule has 0 aromatic heterocycles. The number of hydrogen-bond donors (Lipinski definition) is 1. The van der Waals surface area contributed by atoms with Gasteiger partial charge in [0, 0.05) is 5.02 Å². The number of anilines is 1. The Bertz CT molecular complexity index is 768. The van der Waals surface area contributed by atoms with Gasteiger partial charge in [-0.05, 0) is 49.4 Å². The summed E-state index contributed by atoms with van der Waals surface area (Å²) in [6, 6.07) is 9.97. The van der Waals surface area contributed by atoms with Crippen LogP contribution < -0.4 is 10.1 Å². The minimum absolute atomic E-state index is 0.0408. The van der Waals surface area contributed by atoms with Crippen LogP contribution in [0.4, 0.5) is 10.1 Å². The summed E-state index contributed by atoms with van der Waals surface area (Å²) in [6.07, 6.45) is -0.914. The first kappa shape index (κ1) is 19.0. The molecule has 0 bridgehead atoms. The predicted molar refractivity (Wildman–Crippen MR) is 92.5 cm³/mol. The minimum Gasteiger partial charge on any atom is -0.479 e. The summed E-state index contributed by atoms with van der Waals surface area (Å²) < 4.78 is 23.2. The number of carbonyl (C=O) groups excluding carboxylic acids is 2. The van der Waals surface area contributed by atoms with Gasteiger partial charge in [0.15, 0.2) is 12.7 Å². The molecule has 0 spiro atoms. The smallest absolute Gasteiger partial charge is 0.347 e. The van der Waals surface area contributed by atoms with Crippen LogP contribution in [0.3, 0.4) is 0 Å². The average Bonchev–Trinajstić information content (AvgIpc) is 2.57. The van der Waals surface area contributed by atoms with Crippen LogP contribution in [-0.4, -0.2) is 24.6 Å². The summed E-state index contributed by atoms with van der Waals surface area (Å²) in [7, 11) is 0. The van der Waals surface area contributed by atoms with Crippen LogP contribution in [-0.2, 0) is 14.3 Å². The molecule has 0 heterocycles. The molecule has 25 heavy (non-hydrogen) atoms. The van der Waals surface area contributed by atoms with Gasteiger partial charge in [-0.1, -0.05) is 23.2 Å². The van der Waals surface area contributed by atoms with E-state index in [0.717, 1.165) is 12.1 Å². The number of hydrogen-bond acceptors (Lipinski definition) is 4. The van der Waals surface area contributed by atoms with E-state index in [1.54, 1.807) is 24.3 Å². The summed E-state index contributed by atoms with van der Waals surface area (Å²) in [5.41, 5.74) is 0.217. The topological polar surface area (TPSA) is 64.6 Å². The van der Waals surface area contributed by atoms with Crippen molar-refractivity contribution in [2.75, 3.05) is 11.9 Å². The minimum atomic E-state index is -0.914. The van der Waals surface area contributed by atoms with Crippen molar-refractivity contribution in [3.05, 3.63) is 58.3 Å². The van der Waals surface area contributed by atoms with E-state index in [9.17, 15) is 14.0 Å². The third kappa shape index (κ3) is 5.92. The van der Waals surface area contributed by atoms with Gasteiger partial charge >= 0.3 is 5.97 Å². The fraction of sp³-hybridized carbons (Fsp3) is 0.176. The number of rotatable bonds is 6. The molecule has 1 N–H and O–H groups in total. The number of carbonyl (C=O) groups is 2. The highest BCUT2D eigenvalue weighted by Crippen LogP contribution is 2.22. The highest BCUT2D eigenvalue weighted by atomic mass is 35.5. The van der Waals surface area contributed by atoms with Crippen molar-refractivity contribution in [2.24, 2.45) is 0 Å². The van der Waals surface area contributed by atoms with Crippen LogP contribution >= 0.6 is 23.2 Å².